The molecular weight excluding hydrogens is 377 g/mol. The molecule has 0 bridgehead atoms. The van der Waals surface area contributed by atoms with E-state index >= 15 is 0 Å². The van der Waals surface area contributed by atoms with E-state index in [-0.39, 0.29) is 5.91 Å². The molecule has 1 aromatic heterocycles. The highest BCUT2D eigenvalue weighted by atomic mass is 35.5. The number of nitrogens with zero attached hydrogens (tertiary/aromatic N) is 1. The van der Waals surface area contributed by atoms with Crippen molar-refractivity contribution in [2.24, 2.45) is 0 Å². The number of rotatable bonds is 5. The number of likely N-dealkylation sites (N-methyl/N-ethyl adjacent to an activating group) is 1. The van der Waals surface area contributed by atoms with E-state index in [4.69, 9.17) is 27.9 Å². The van der Waals surface area contributed by atoms with Crippen molar-refractivity contribution in [3.05, 3.63) is 56.2 Å². The average molecular weight is 398 g/mol. The summed E-state index contributed by atoms with van der Waals surface area (Å²) in [5.41, 5.74) is 0.212. The van der Waals surface area contributed by atoms with Crippen molar-refractivity contribution in [1.82, 2.24) is 4.90 Å². The number of halogens is 2. The molecule has 25 heavy (non-hydrogen) atoms. The zero-order chi connectivity index (χ0) is 17.9. The molecule has 134 valence electrons. The molecule has 1 aliphatic rings. The average Bonchev–Trinajstić information content (AvgIpc) is 3.13. The summed E-state index contributed by atoms with van der Waals surface area (Å²) in [6, 6.07) is 9.50. The highest BCUT2D eigenvalue weighted by molar-refractivity contribution is 7.09. The largest absolute Gasteiger partial charge is 0.381 e. The third kappa shape index (κ3) is 3.87. The summed E-state index contributed by atoms with van der Waals surface area (Å²) in [5, 5.41) is 3.16. The molecule has 6 heteroatoms. The Hall–Kier alpha value is -1.07. The van der Waals surface area contributed by atoms with E-state index in [0.29, 0.717) is 49.2 Å². The van der Waals surface area contributed by atoms with Gasteiger partial charge in [0.05, 0.1) is 12.0 Å². The van der Waals surface area contributed by atoms with Crippen molar-refractivity contribution in [3.8, 4) is 0 Å². The molecular formula is C19H21Cl2NO2S. The lowest BCUT2D eigenvalue weighted by atomic mass is 9.73. The van der Waals surface area contributed by atoms with Crippen LogP contribution < -0.4 is 0 Å². The van der Waals surface area contributed by atoms with Gasteiger partial charge in [0.25, 0.3) is 0 Å². The predicted octanol–water partition coefficient (Wildman–Crippen LogP) is 5.15. The molecule has 0 spiro atoms. The number of hydrogen-bond donors (Lipinski definition) is 0. The second kappa shape index (κ2) is 8.09. The van der Waals surface area contributed by atoms with Crippen molar-refractivity contribution in [1.29, 1.82) is 0 Å². The Bertz CT molecular complexity index is 727. The van der Waals surface area contributed by atoms with Gasteiger partial charge in [0.2, 0.25) is 5.91 Å². The van der Waals surface area contributed by atoms with Gasteiger partial charge in [-0.15, -0.1) is 11.3 Å². The van der Waals surface area contributed by atoms with Crippen molar-refractivity contribution < 1.29 is 9.53 Å². The van der Waals surface area contributed by atoms with Gasteiger partial charge in [-0.05, 0) is 48.9 Å². The lowest BCUT2D eigenvalue weighted by molar-refractivity contribution is -0.141. The summed E-state index contributed by atoms with van der Waals surface area (Å²) in [5.74, 6) is 0.121. The van der Waals surface area contributed by atoms with Crippen LogP contribution in [0.1, 0.15) is 30.2 Å². The standard InChI is InChI=1S/C19H21Cl2NO2S/c1-2-22(13-15-4-3-11-25-15)18(23)19(7-9-24-10-8-19)16-6-5-14(20)12-17(16)21/h3-6,11-12H,2,7-10,13H2,1H3. The minimum atomic E-state index is -0.646. The van der Waals surface area contributed by atoms with Gasteiger partial charge in [-0.2, -0.15) is 0 Å². The summed E-state index contributed by atoms with van der Waals surface area (Å²) in [7, 11) is 0. The summed E-state index contributed by atoms with van der Waals surface area (Å²) in [6.45, 7) is 4.41. The summed E-state index contributed by atoms with van der Waals surface area (Å²) in [6.07, 6.45) is 1.27. The molecule has 1 amide bonds. The maximum absolute atomic E-state index is 13.6. The molecule has 0 aliphatic carbocycles. The molecule has 1 aromatic carbocycles. The highest BCUT2D eigenvalue weighted by Crippen LogP contribution is 2.41. The molecule has 0 atom stereocenters. The minimum absolute atomic E-state index is 0.121. The Morgan fingerprint density at radius 3 is 2.64 bits per heavy atom. The van der Waals surface area contributed by atoms with E-state index in [1.807, 2.05) is 35.4 Å². The maximum Gasteiger partial charge on any atom is 0.233 e. The fourth-order valence-electron chi connectivity index (χ4n) is 3.42. The fraction of sp³-hybridized carbons (Fsp3) is 0.421. The van der Waals surface area contributed by atoms with Crippen LogP contribution in [-0.4, -0.2) is 30.6 Å². The van der Waals surface area contributed by atoms with Crippen LogP contribution in [0.3, 0.4) is 0 Å². The van der Waals surface area contributed by atoms with Gasteiger partial charge < -0.3 is 9.64 Å². The molecule has 0 radical (unpaired) electrons. The molecule has 3 nitrogen and oxygen atoms in total. The fourth-order valence-corrected chi connectivity index (χ4v) is 4.73. The maximum atomic E-state index is 13.6. The third-order valence-electron chi connectivity index (χ3n) is 4.80. The van der Waals surface area contributed by atoms with E-state index in [1.54, 1.807) is 17.4 Å². The Morgan fingerprint density at radius 2 is 2.04 bits per heavy atom. The van der Waals surface area contributed by atoms with E-state index in [0.717, 1.165) is 5.56 Å². The number of ether oxygens (including phenoxy) is 1. The van der Waals surface area contributed by atoms with Crippen LogP contribution in [0.5, 0.6) is 0 Å². The second-order valence-corrected chi connectivity index (χ2v) is 8.09. The van der Waals surface area contributed by atoms with Crippen molar-refractivity contribution in [3.63, 3.8) is 0 Å². The van der Waals surface area contributed by atoms with Gasteiger partial charge in [-0.1, -0.05) is 35.3 Å². The molecule has 1 aliphatic heterocycles. The lowest BCUT2D eigenvalue weighted by Crippen LogP contribution is -2.49. The van der Waals surface area contributed by atoms with E-state index < -0.39 is 5.41 Å². The first-order valence-corrected chi connectivity index (χ1v) is 10.1. The molecule has 0 N–H and O–H groups in total. The lowest BCUT2D eigenvalue weighted by Gasteiger charge is -2.40. The van der Waals surface area contributed by atoms with Gasteiger partial charge in [0.15, 0.2) is 0 Å². The van der Waals surface area contributed by atoms with Crippen LogP contribution in [0.25, 0.3) is 0 Å². The van der Waals surface area contributed by atoms with Crippen LogP contribution >= 0.6 is 34.5 Å². The number of carbonyl (C=O) groups excluding carboxylic acids is 1. The predicted molar refractivity (Wildman–Crippen MR) is 104 cm³/mol. The first-order chi connectivity index (χ1) is 12.1. The summed E-state index contributed by atoms with van der Waals surface area (Å²) in [4.78, 5) is 16.7. The zero-order valence-corrected chi connectivity index (χ0v) is 16.5. The van der Waals surface area contributed by atoms with Gasteiger partial charge >= 0.3 is 0 Å². The van der Waals surface area contributed by atoms with Gasteiger partial charge in [0.1, 0.15) is 0 Å². The Morgan fingerprint density at radius 1 is 1.28 bits per heavy atom. The smallest absolute Gasteiger partial charge is 0.233 e. The number of carbonyl (C=O) groups is 1. The number of benzene rings is 1. The van der Waals surface area contributed by atoms with E-state index in [9.17, 15) is 4.79 Å². The first kappa shape index (κ1) is 18.7. The highest BCUT2D eigenvalue weighted by Gasteiger charge is 2.45. The normalized spacial score (nSPS) is 16.6. The van der Waals surface area contributed by atoms with Crippen molar-refractivity contribution >= 4 is 40.4 Å². The Balaban J connectivity index is 1.97. The van der Waals surface area contributed by atoms with Crippen molar-refractivity contribution in [2.45, 2.75) is 31.7 Å². The number of amides is 1. The van der Waals surface area contributed by atoms with E-state index in [2.05, 4.69) is 6.07 Å². The summed E-state index contributed by atoms with van der Waals surface area (Å²) < 4.78 is 5.54. The molecule has 1 saturated heterocycles. The second-order valence-electron chi connectivity index (χ2n) is 6.22. The molecule has 2 aromatic rings. The molecule has 1 fully saturated rings. The van der Waals surface area contributed by atoms with Crippen LogP contribution in [0.4, 0.5) is 0 Å². The molecule has 2 heterocycles. The molecule has 0 unspecified atom stereocenters. The first-order valence-electron chi connectivity index (χ1n) is 8.42. The molecule has 0 saturated carbocycles. The molecule has 3 rings (SSSR count). The van der Waals surface area contributed by atoms with Gasteiger partial charge in [-0.3, -0.25) is 4.79 Å². The quantitative estimate of drug-likeness (QED) is 0.697. The zero-order valence-electron chi connectivity index (χ0n) is 14.1. The monoisotopic (exact) mass is 397 g/mol. The van der Waals surface area contributed by atoms with Crippen LogP contribution in [0.2, 0.25) is 10.0 Å². The SMILES string of the molecule is CCN(Cc1cccs1)C(=O)C1(c2ccc(Cl)cc2Cl)CCOCC1. The van der Waals surface area contributed by atoms with Gasteiger partial charge in [-0.25, -0.2) is 0 Å². The topological polar surface area (TPSA) is 29.5 Å². The third-order valence-corrected chi connectivity index (χ3v) is 6.21. The van der Waals surface area contributed by atoms with Crippen LogP contribution in [0, 0.1) is 0 Å². The van der Waals surface area contributed by atoms with Crippen LogP contribution in [0.15, 0.2) is 35.7 Å². The van der Waals surface area contributed by atoms with Crippen molar-refractivity contribution in [2.75, 3.05) is 19.8 Å². The minimum Gasteiger partial charge on any atom is -0.381 e. The number of thiophene rings is 1. The number of hydrogen-bond acceptors (Lipinski definition) is 3. The van der Waals surface area contributed by atoms with E-state index in [1.165, 1.54) is 4.88 Å². The van der Waals surface area contributed by atoms with Gasteiger partial charge in [0, 0.05) is 34.7 Å². The summed E-state index contributed by atoms with van der Waals surface area (Å²) >= 11 is 14.2. The Kier molecular flexibility index (Phi) is 6.05. The Labute approximate surface area is 162 Å². The van der Waals surface area contributed by atoms with Crippen LogP contribution in [-0.2, 0) is 21.5 Å².